The highest BCUT2D eigenvalue weighted by atomic mass is 16.3. The average molecular weight is 436 g/mol. The van der Waals surface area contributed by atoms with Crippen LogP contribution in [-0.4, -0.2) is 65.5 Å². The number of aliphatic hydroxyl groups excluding tert-OH is 1. The van der Waals surface area contributed by atoms with Crippen molar-refractivity contribution in [3.63, 3.8) is 0 Å². The van der Waals surface area contributed by atoms with E-state index in [-0.39, 0.29) is 18.4 Å². The molecule has 4 rings (SSSR count). The van der Waals surface area contributed by atoms with Gasteiger partial charge in [-0.1, -0.05) is 36.4 Å². The number of rotatable bonds is 7. The fourth-order valence-corrected chi connectivity index (χ4v) is 4.84. The second-order valence-electron chi connectivity index (χ2n) is 9.14. The van der Waals surface area contributed by atoms with Crippen molar-refractivity contribution in [1.29, 1.82) is 0 Å². The number of nitrogens with one attached hydrogen (secondary N) is 1. The van der Waals surface area contributed by atoms with Crippen molar-refractivity contribution >= 4 is 11.8 Å². The number of fused-ring (bicyclic) bond motifs is 1. The first-order chi connectivity index (χ1) is 15.5. The van der Waals surface area contributed by atoms with Crippen LogP contribution in [-0.2, 0) is 24.2 Å². The third kappa shape index (κ3) is 5.75. The van der Waals surface area contributed by atoms with Crippen molar-refractivity contribution < 1.29 is 14.7 Å². The summed E-state index contributed by atoms with van der Waals surface area (Å²) in [6, 6.07) is 16.1. The summed E-state index contributed by atoms with van der Waals surface area (Å²) >= 11 is 0. The number of likely N-dealkylation sites (tertiary alicyclic amines) is 1. The first-order valence-corrected chi connectivity index (χ1v) is 11.6. The number of hydrogen-bond acceptors (Lipinski definition) is 4. The standard InChI is InChI=1S/C26H33N3O3/c1-19(30)29-12-9-21(16-29)13-20-5-4-8-23(14-20)26(32)27-15-25(31)18-28-11-10-22-6-2-3-7-24(22)17-28/h2-8,14,21,25,31H,9-13,15-18H2,1H3,(H,27,32)/t21-,25+/m1/s1. The van der Waals surface area contributed by atoms with Gasteiger partial charge in [0.15, 0.2) is 0 Å². The number of carbonyl (C=O) groups is 2. The topological polar surface area (TPSA) is 72.9 Å². The van der Waals surface area contributed by atoms with Crippen molar-refractivity contribution in [2.45, 2.75) is 38.8 Å². The molecule has 2 aliphatic rings. The Morgan fingerprint density at radius 3 is 2.72 bits per heavy atom. The Balaban J connectivity index is 1.24. The lowest BCUT2D eigenvalue weighted by Gasteiger charge is -2.30. The van der Waals surface area contributed by atoms with Crippen LogP contribution in [0.25, 0.3) is 0 Å². The molecular weight excluding hydrogens is 402 g/mol. The highest BCUT2D eigenvalue weighted by Gasteiger charge is 2.24. The summed E-state index contributed by atoms with van der Waals surface area (Å²) in [4.78, 5) is 28.3. The molecule has 2 aromatic carbocycles. The Morgan fingerprint density at radius 1 is 1.12 bits per heavy atom. The molecule has 2 amide bonds. The van der Waals surface area contributed by atoms with Crippen LogP contribution in [0, 0.1) is 5.92 Å². The van der Waals surface area contributed by atoms with E-state index >= 15 is 0 Å². The van der Waals surface area contributed by atoms with Crippen LogP contribution < -0.4 is 5.32 Å². The number of hydrogen-bond donors (Lipinski definition) is 2. The quantitative estimate of drug-likeness (QED) is 0.700. The van der Waals surface area contributed by atoms with Crippen LogP contribution in [0.15, 0.2) is 48.5 Å². The van der Waals surface area contributed by atoms with Gasteiger partial charge in [-0.15, -0.1) is 0 Å². The predicted molar refractivity (Wildman–Crippen MR) is 124 cm³/mol. The molecule has 0 aromatic heterocycles. The van der Waals surface area contributed by atoms with Crippen LogP contribution >= 0.6 is 0 Å². The minimum absolute atomic E-state index is 0.132. The summed E-state index contributed by atoms with van der Waals surface area (Å²) in [7, 11) is 0. The molecule has 0 unspecified atom stereocenters. The molecule has 0 bridgehead atoms. The van der Waals surface area contributed by atoms with Crippen molar-refractivity contribution in [3.05, 3.63) is 70.8 Å². The predicted octanol–water partition coefficient (Wildman–Crippen LogP) is 2.25. The number of aliphatic hydroxyl groups is 1. The maximum absolute atomic E-state index is 12.6. The zero-order valence-corrected chi connectivity index (χ0v) is 18.8. The number of amides is 2. The van der Waals surface area contributed by atoms with E-state index in [2.05, 4.69) is 34.5 Å². The molecule has 32 heavy (non-hydrogen) atoms. The number of β-amino-alcohol motifs (C(OH)–C–C–N with tert-alkyl or cyclic N) is 1. The van der Waals surface area contributed by atoms with Crippen LogP contribution in [0.2, 0.25) is 0 Å². The largest absolute Gasteiger partial charge is 0.390 e. The molecule has 2 aliphatic heterocycles. The summed E-state index contributed by atoms with van der Waals surface area (Å²) in [6.45, 7) is 5.77. The molecule has 6 nitrogen and oxygen atoms in total. The second kappa shape index (κ2) is 10.3. The molecule has 170 valence electrons. The number of nitrogens with zero attached hydrogens (tertiary/aromatic N) is 2. The highest BCUT2D eigenvalue weighted by Crippen LogP contribution is 2.22. The molecule has 0 aliphatic carbocycles. The molecule has 0 spiro atoms. The van der Waals surface area contributed by atoms with Gasteiger partial charge in [0, 0.05) is 51.8 Å². The summed E-state index contributed by atoms with van der Waals surface area (Å²) in [5.41, 5.74) is 4.43. The Hall–Kier alpha value is -2.70. The highest BCUT2D eigenvalue weighted by molar-refractivity contribution is 5.94. The Kier molecular flexibility index (Phi) is 7.22. The first-order valence-electron chi connectivity index (χ1n) is 11.6. The lowest BCUT2D eigenvalue weighted by molar-refractivity contribution is -0.127. The number of carbonyl (C=O) groups excluding carboxylic acids is 2. The fraction of sp³-hybridized carbons (Fsp3) is 0.462. The van der Waals surface area contributed by atoms with Gasteiger partial charge in [-0.2, -0.15) is 0 Å². The molecule has 2 heterocycles. The molecule has 2 aromatic rings. The zero-order chi connectivity index (χ0) is 22.5. The SMILES string of the molecule is CC(=O)N1CC[C@H](Cc2cccc(C(=O)NC[C@H](O)CN3CCc4ccccc4C3)c2)C1. The van der Waals surface area contributed by atoms with Gasteiger partial charge < -0.3 is 15.3 Å². The van der Waals surface area contributed by atoms with Gasteiger partial charge in [-0.25, -0.2) is 0 Å². The van der Waals surface area contributed by atoms with Crippen molar-refractivity contribution in [1.82, 2.24) is 15.1 Å². The molecule has 0 saturated carbocycles. The molecule has 0 radical (unpaired) electrons. The lowest BCUT2D eigenvalue weighted by atomic mass is 9.97. The van der Waals surface area contributed by atoms with Gasteiger partial charge in [0.1, 0.15) is 0 Å². The summed E-state index contributed by atoms with van der Waals surface area (Å²) in [5.74, 6) is 0.410. The van der Waals surface area contributed by atoms with Crippen LogP contribution in [0.5, 0.6) is 0 Å². The minimum Gasteiger partial charge on any atom is -0.390 e. The zero-order valence-electron chi connectivity index (χ0n) is 18.8. The monoisotopic (exact) mass is 435 g/mol. The molecule has 6 heteroatoms. The van der Waals surface area contributed by atoms with E-state index in [1.54, 1.807) is 6.92 Å². The van der Waals surface area contributed by atoms with E-state index in [9.17, 15) is 14.7 Å². The first kappa shape index (κ1) is 22.5. The van der Waals surface area contributed by atoms with E-state index in [1.807, 2.05) is 29.2 Å². The van der Waals surface area contributed by atoms with Gasteiger partial charge in [0.05, 0.1) is 6.10 Å². The molecule has 1 fully saturated rings. The lowest BCUT2D eigenvalue weighted by Crippen LogP contribution is -2.42. The van der Waals surface area contributed by atoms with E-state index < -0.39 is 6.10 Å². The second-order valence-corrected chi connectivity index (χ2v) is 9.14. The Morgan fingerprint density at radius 2 is 1.94 bits per heavy atom. The molecule has 2 N–H and O–H groups in total. The van der Waals surface area contributed by atoms with Gasteiger partial charge in [-0.05, 0) is 54.0 Å². The van der Waals surface area contributed by atoms with E-state index in [0.29, 0.717) is 18.0 Å². The van der Waals surface area contributed by atoms with Gasteiger partial charge in [0.25, 0.3) is 5.91 Å². The Bertz CT molecular complexity index is 961. The van der Waals surface area contributed by atoms with Gasteiger partial charge in [-0.3, -0.25) is 14.5 Å². The molecular formula is C26H33N3O3. The number of benzene rings is 2. The summed E-state index contributed by atoms with van der Waals surface area (Å²) < 4.78 is 0. The van der Waals surface area contributed by atoms with Crippen LogP contribution in [0.4, 0.5) is 0 Å². The summed E-state index contributed by atoms with van der Waals surface area (Å²) in [5, 5.41) is 13.4. The third-order valence-corrected chi connectivity index (χ3v) is 6.62. The smallest absolute Gasteiger partial charge is 0.251 e. The molecule has 2 atom stereocenters. The van der Waals surface area contributed by atoms with Crippen LogP contribution in [0.3, 0.4) is 0 Å². The minimum atomic E-state index is -0.608. The van der Waals surface area contributed by atoms with Gasteiger partial charge >= 0.3 is 0 Å². The van der Waals surface area contributed by atoms with E-state index in [4.69, 9.17) is 0 Å². The van der Waals surface area contributed by atoms with Crippen LogP contribution in [0.1, 0.15) is 40.4 Å². The maximum Gasteiger partial charge on any atom is 0.251 e. The normalized spacial score (nSPS) is 19.4. The van der Waals surface area contributed by atoms with E-state index in [1.165, 1.54) is 11.1 Å². The van der Waals surface area contributed by atoms with E-state index in [0.717, 1.165) is 51.0 Å². The molecule has 1 saturated heterocycles. The van der Waals surface area contributed by atoms with Crippen molar-refractivity contribution in [2.75, 3.05) is 32.7 Å². The van der Waals surface area contributed by atoms with Crippen molar-refractivity contribution in [3.8, 4) is 0 Å². The third-order valence-electron chi connectivity index (χ3n) is 6.62. The average Bonchev–Trinajstić information content (AvgIpc) is 3.26. The summed E-state index contributed by atoms with van der Waals surface area (Å²) in [6.07, 6.45) is 2.25. The Labute approximate surface area is 190 Å². The maximum atomic E-state index is 12.6. The van der Waals surface area contributed by atoms with Gasteiger partial charge in [0.2, 0.25) is 5.91 Å². The van der Waals surface area contributed by atoms with Crippen molar-refractivity contribution in [2.24, 2.45) is 5.92 Å². The fourth-order valence-electron chi connectivity index (χ4n) is 4.84.